The van der Waals surface area contributed by atoms with Crippen molar-refractivity contribution in [2.45, 2.75) is 0 Å². The topological polar surface area (TPSA) is 44.1 Å². The van der Waals surface area contributed by atoms with E-state index in [-0.39, 0.29) is 5.57 Å². The third-order valence-corrected chi connectivity index (χ3v) is 2.26. The highest BCUT2D eigenvalue weighted by Crippen LogP contribution is 2.15. The molecule has 0 fully saturated rings. The van der Waals surface area contributed by atoms with Crippen molar-refractivity contribution in [3.63, 3.8) is 0 Å². The predicted molar refractivity (Wildman–Crippen MR) is 65.2 cm³/mol. The van der Waals surface area contributed by atoms with Crippen LogP contribution >= 0.6 is 11.6 Å². The van der Waals surface area contributed by atoms with Gasteiger partial charge in [0, 0.05) is 19.8 Å². The van der Waals surface area contributed by atoms with Crippen molar-refractivity contribution in [2.75, 3.05) is 19.0 Å². The van der Waals surface area contributed by atoms with Crippen molar-refractivity contribution in [1.82, 2.24) is 0 Å². The van der Waals surface area contributed by atoms with Gasteiger partial charge in [0.25, 0.3) is 5.24 Å². The summed E-state index contributed by atoms with van der Waals surface area (Å²) in [5.74, 6) is 0. The summed E-state index contributed by atoms with van der Waals surface area (Å²) in [6, 6.07) is 9.21. The number of carbonyl (C=O) groups is 1. The number of nitrogens with zero attached hydrogens (tertiary/aromatic N) is 2. The monoisotopic (exact) mass is 234 g/mol. The number of halogens is 1. The summed E-state index contributed by atoms with van der Waals surface area (Å²) in [4.78, 5) is 12.8. The van der Waals surface area contributed by atoms with E-state index in [1.165, 1.54) is 6.08 Å². The van der Waals surface area contributed by atoms with Crippen LogP contribution in [-0.2, 0) is 4.79 Å². The van der Waals surface area contributed by atoms with Crippen LogP contribution < -0.4 is 4.90 Å². The second-order valence-electron chi connectivity index (χ2n) is 3.43. The first-order valence-corrected chi connectivity index (χ1v) is 5.01. The normalized spacial score (nSPS) is 10.8. The third kappa shape index (κ3) is 3.11. The average molecular weight is 235 g/mol. The summed E-state index contributed by atoms with van der Waals surface area (Å²) in [7, 11) is 3.88. The Hall–Kier alpha value is -1.79. The van der Waals surface area contributed by atoms with Crippen molar-refractivity contribution in [2.24, 2.45) is 0 Å². The zero-order valence-corrected chi connectivity index (χ0v) is 9.82. The van der Waals surface area contributed by atoms with Gasteiger partial charge in [-0.25, -0.2) is 0 Å². The Morgan fingerprint density at radius 1 is 1.38 bits per heavy atom. The molecule has 0 amide bonds. The van der Waals surface area contributed by atoms with Crippen LogP contribution in [0.5, 0.6) is 0 Å². The van der Waals surface area contributed by atoms with E-state index in [4.69, 9.17) is 16.9 Å². The Morgan fingerprint density at radius 2 is 1.94 bits per heavy atom. The van der Waals surface area contributed by atoms with Gasteiger partial charge in [-0.2, -0.15) is 5.26 Å². The van der Waals surface area contributed by atoms with Gasteiger partial charge in [0.15, 0.2) is 0 Å². The smallest absolute Gasteiger partial charge is 0.262 e. The van der Waals surface area contributed by atoms with Gasteiger partial charge in [-0.05, 0) is 35.4 Å². The SMILES string of the molecule is CN(C)c1ccc(/C=C(\C#N)C(=O)Cl)cc1. The molecule has 0 saturated heterocycles. The highest BCUT2D eigenvalue weighted by atomic mass is 35.5. The molecular formula is C12H11ClN2O. The molecule has 0 bridgehead atoms. The van der Waals surface area contributed by atoms with E-state index >= 15 is 0 Å². The molecule has 82 valence electrons. The maximum atomic E-state index is 10.8. The molecule has 3 nitrogen and oxygen atoms in total. The molecule has 0 atom stereocenters. The first kappa shape index (κ1) is 12.3. The lowest BCUT2D eigenvalue weighted by atomic mass is 10.1. The van der Waals surface area contributed by atoms with Crippen LogP contribution in [0.25, 0.3) is 6.08 Å². The lowest BCUT2D eigenvalue weighted by Crippen LogP contribution is -2.07. The lowest BCUT2D eigenvalue weighted by Gasteiger charge is -2.11. The first-order valence-electron chi connectivity index (χ1n) is 4.63. The van der Waals surface area contributed by atoms with E-state index in [1.54, 1.807) is 6.07 Å². The lowest BCUT2D eigenvalue weighted by molar-refractivity contribution is -0.108. The Bertz CT molecular complexity index is 455. The summed E-state index contributed by atoms with van der Waals surface area (Å²) >= 11 is 5.24. The largest absolute Gasteiger partial charge is 0.378 e. The highest BCUT2D eigenvalue weighted by molar-refractivity contribution is 6.68. The summed E-state index contributed by atoms with van der Waals surface area (Å²) in [6.07, 6.45) is 1.47. The number of carbonyl (C=O) groups excluding carboxylic acids is 1. The van der Waals surface area contributed by atoms with Crippen LogP contribution in [0.1, 0.15) is 5.56 Å². The van der Waals surface area contributed by atoms with Gasteiger partial charge < -0.3 is 4.90 Å². The minimum Gasteiger partial charge on any atom is -0.378 e. The van der Waals surface area contributed by atoms with E-state index in [1.807, 2.05) is 43.3 Å². The molecule has 0 unspecified atom stereocenters. The molecule has 1 aromatic rings. The summed E-state index contributed by atoms with van der Waals surface area (Å²) in [5, 5.41) is 7.93. The molecule has 0 saturated carbocycles. The Balaban J connectivity index is 3.00. The molecule has 0 radical (unpaired) electrons. The first-order chi connectivity index (χ1) is 7.54. The molecular weight excluding hydrogens is 224 g/mol. The van der Waals surface area contributed by atoms with Gasteiger partial charge in [-0.15, -0.1) is 0 Å². The van der Waals surface area contributed by atoms with Crippen LogP contribution in [0.2, 0.25) is 0 Å². The van der Waals surface area contributed by atoms with Gasteiger partial charge in [-0.1, -0.05) is 12.1 Å². The minimum absolute atomic E-state index is 0.0562. The van der Waals surface area contributed by atoms with Crippen molar-refractivity contribution in [3.05, 3.63) is 35.4 Å². The molecule has 0 aromatic heterocycles. The molecule has 0 heterocycles. The Morgan fingerprint density at radius 3 is 2.31 bits per heavy atom. The Kier molecular flexibility index (Phi) is 4.10. The second kappa shape index (κ2) is 5.34. The standard InChI is InChI=1S/C12H11ClN2O/c1-15(2)11-5-3-9(4-6-11)7-10(8-14)12(13)16/h3-7H,1-2H3/b10-7+. The van der Waals surface area contributed by atoms with Crippen LogP contribution in [0.4, 0.5) is 5.69 Å². The number of allylic oxidation sites excluding steroid dienone is 1. The van der Waals surface area contributed by atoms with Crippen molar-refractivity contribution >= 4 is 28.6 Å². The van der Waals surface area contributed by atoms with Crippen LogP contribution in [0.15, 0.2) is 29.8 Å². The molecule has 0 N–H and O–H groups in total. The van der Waals surface area contributed by atoms with Crippen LogP contribution in [-0.4, -0.2) is 19.3 Å². The molecule has 0 aliphatic carbocycles. The maximum absolute atomic E-state index is 10.8. The number of anilines is 1. The summed E-state index contributed by atoms with van der Waals surface area (Å²) in [5.41, 5.74) is 1.77. The highest BCUT2D eigenvalue weighted by Gasteiger charge is 2.04. The van der Waals surface area contributed by atoms with E-state index in [2.05, 4.69) is 0 Å². The van der Waals surface area contributed by atoms with Crippen molar-refractivity contribution < 1.29 is 4.79 Å². The summed E-state index contributed by atoms with van der Waals surface area (Å²) < 4.78 is 0. The average Bonchev–Trinajstić information content (AvgIpc) is 2.26. The quantitative estimate of drug-likeness (QED) is 0.458. The van der Waals surface area contributed by atoms with Gasteiger partial charge in [0.2, 0.25) is 0 Å². The van der Waals surface area contributed by atoms with Crippen LogP contribution in [0.3, 0.4) is 0 Å². The van der Waals surface area contributed by atoms with Gasteiger partial charge in [0.1, 0.15) is 11.6 Å². The van der Waals surface area contributed by atoms with Crippen molar-refractivity contribution in [3.8, 4) is 6.07 Å². The second-order valence-corrected chi connectivity index (χ2v) is 3.77. The maximum Gasteiger partial charge on any atom is 0.262 e. The predicted octanol–water partition coefficient (Wildman–Crippen LogP) is 2.42. The number of benzene rings is 1. The van der Waals surface area contributed by atoms with E-state index in [0.29, 0.717) is 0 Å². The molecule has 0 spiro atoms. The van der Waals surface area contributed by atoms with Gasteiger partial charge in [0.05, 0.1) is 0 Å². The molecule has 1 rings (SSSR count). The van der Waals surface area contributed by atoms with Gasteiger partial charge in [-0.3, -0.25) is 4.79 Å². The number of hydrogen-bond donors (Lipinski definition) is 0. The van der Waals surface area contributed by atoms with E-state index in [9.17, 15) is 4.79 Å². The fourth-order valence-electron chi connectivity index (χ4n) is 1.17. The molecule has 0 aliphatic heterocycles. The third-order valence-electron chi connectivity index (χ3n) is 2.05. The van der Waals surface area contributed by atoms with E-state index in [0.717, 1.165) is 11.3 Å². The number of nitriles is 1. The zero-order chi connectivity index (χ0) is 12.1. The van der Waals surface area contributed by atoms with E-state index < -0.39 is 5.24 Å². The molecule has 1 aromatic carbocycles. The van der Waals surface area contributed by atoms with Crippen LogP contribution in [0, 0.1) is 11.3 Å². The number of rotatable bonds is 3. The minimum atomic E-state index is -0.737. The Labute approximate surface area is 99.5 Å². The fourth-order valence-corrected chi connectivity index (χ4v) is 1.27. The molecule has 0 aliphatic rings. The van der Waals surface area contributed by atoms with Gasteiger partial charge >= 0.3 is 0 Å². The number of hydrogen-bond acceptors (Lipinski definition) is 3. The summed E-state index contributed by atoms with van der Waals surface area (Å²) in [6.45, 7) is 0. The zero-order valence-electron chi connectivity index (χ0n) is 9.07. The molecule has 4 heteroatoms. The van der Waals surface area contributed by atoms with Crippen molar-refractivity contribution in [1.29, 1.82) is 5.26 Å². The fraction of sp³-hybridized carbons (Fsp3) is 0.167. The molecule has 16 heavy (non-hydrogen) atoms.